The lowest BCUT2D eigenvalue weighted by molar-refractivity contribution is -0.385. The van der Waals surface area contributed by atoms with E-state index in [9.17, 15) is 19.7 Å². The number of hydrogen-bond acceptors (Lipinski definition) is 6. The van der Waals surface area contributed by atoms with Gasteiger partial charge in [-0.2, -0.15) is 5.10 Å². The van der Waals surface area contributed by atoms with Crippen LogP contribution in [0.25, 0.3) is 5.69 Å². The zero-order valence-corrected chi connectivity index (χ0v) is 16.8. The van der Waals surface area contributed by atoms with Crippen molar-refractivity contribution in [2.45, 2.75) is 25.7 Å². The van der Waals surface area contributed by atoms with Gasteiger partial charge in [0.2, 0.25) is 0 Å². The van der Waals surface area contributed by atoms with E-state index in [4.69, 9.17) is 4.74 Å². The molecule has 1 heterocycles. The minimum atomic E-state index is -0.930. The SMILES string of the molecule is Cc1cccc(C(=O)OCC(=O)Nc2cc(C3CC3)nn2-c2ccccc2)c1[N+](=O)[O-]. The van der Waals surface area contributed by atoms with Crippen LogP contribution >= 0.6 is 0 Å². The predicted octanol–water partition coefficient (Wildman–Crippen LogP) is 3.76. The van der Waals surface area contributed by atoms with E-state index < -0.39 is 23.4 Å². The summed E-state index contributed by atoms with van der Waals surface area (Å²) in [6, 6.07) is 15.5. The molecule has 1 aromatic heterocycles. The smallest absolute Gasteiger partial charge is 0.345 e. The summed E-state index contributed by atoms with van der Waals surface area (Å²) in [5, 5.41) is 18.6. The van der Waals surface area contributed by atoms with Crippen LogP contribution < -0.4 is 5.32 Å². The lowest BCUT2D eigenvalue weighted by Gasteiger charge is -2.10. The normalized spacial score (nSPS) is 12.9. The number of nitro benzene ring substituents is 1. The molecular weight excluding hydrogens is 400 g/mol. The number of nitrogens with one attached hydrogen (secondary N) is 1. The quantitative estimate of drug-likeness (QED) is 0.353. The Hall–Kier alpha value is -4.01. The van der Waals surface area contributed by atoms with Gasteiger partial charge in [0, 0.05) is 17.5 Å². The molecule has 1 amide bonds. The molecule has 0 saturated heterocycles. The molecule has 158 valence electrons. The maximum absolute atomic E-state index is 12.4. The summed E-state index contributed by atoms with van der Waals surface area (Å²) < 4.78 is 6.67. The van der Waals surface area contributed by atoms with Crippen molar-refractivity contribution in [2.75, 3.05) is 11.9 Å². The molecule has 9 nitrogen and oxygen atoms in total. The highest BCUT2D eigenvalue weighted by molar-refractivity contribution is 5.97. The van der Waals surface area contributed by atoms with Crippen molar-refractivity contribution in [1.82, 2.24) is 9.78 Å². The van der Waals surface area contributed by atoms with Gasteiger partial charge >= 0.3 is 5.97 Å². The molecule has 0 atom stereocenters. The summed E-state index contributed by atoms with van der Waals surface area (Å²) in [7, 11) is 0. The Balaban J connectivity index is 1.47. The number of carbonyl (C=O) groups is 2. The first-order valence-electron chi connectivity index (χ1n) is 9.80. The Morgan fingerprint density at radius 2 is 1.94 bits per heavy atom. The molecule has 1 aliphatic carbocycles. The topological polar surface area (TPSA) is 116 Å². The third kappa shape index (κ3) is 4.45. The highest BCUT2D eigenvalue weighted by atomic mass is 16.6. The molecule has 0 radical (unpaired) electrons. The molecule has 0 unspecified atom stereocenters. The third-order valence-corrected chi connectivity index (χ3v) is 4.97. The van der Waals surface area contributed by atoms with Crippen LogP contribution in [-0.2, 0) is 9.53 Å². The van der Waals surface area contributed by atoms with Crippen LogP contribution in [0.4, 0.5) is 11.5 Å². The van der Waals surface area contributed by atoms with E-state index >= 15 is 0 Å². The second-order valence-electron chi connectivity index (χ2n) is 7.33. The molecule has 1 saturated carbocycles. The van der Waals surface area contributed by atoms with Gasteiger partial charge in [-0.25, -0.2) is 9.48 Å². The number of para-hydroxylation sites is 2. The lowest BCUT2D eigenvalue weighted by atomic mass is 10.1. The first-order valence-corrected chi connectivity index (χ1v) is 9.80. The van der Waals surface area contributed by atoms with Gasteiger partial charge in [-0.1, -0.05) is 30.3 Å². The van der Waals surface area contributed by atoms with E-state index in [1.54, 1.807) is 4.68 Å². The standard InChI is InChI=1S/C22H20N4O5/c1-14-6-5-9-17(21(14)26(29)30)22(28)31-13-20(27)23-19-12-18(15-10-11-15)24-25(19)16-7-3-2-4-8-16/h2-9,12,15H,10-11,13H2,1H3,(H,23,27). The molecule has 9 heteroatoms. The number of ether oxygens (including phenoxy) is 1. The average Bonchev–Trinajstić information content (AvgIpc) is 3.53. The Morgan fingerprint density at radius 1 is 1.19 bits per heavy atom. The Labute approximate surface area is 177 Å². The average molecular weight is 420 g/mol. The highest BCUT2D eigenvalue weighted by Crippen LogP contribution is 2.40. The van der Waals surface area contributed by atoms with E-state index in [1.165, 1.54) is 25.1 Å². The Morgan fingerprint density at radius 3 is 2.61 bits per heavy atom. The van der Waals surface area contributed by atoms with Crippen LogP contribution in [0.15, 0.2) is 54.6 Å². The largest absolute Gasteiger partial charge is 0.452 e. The molecule has 4 rings (SSSR count). The zero-order chi connectivity index (χ0) is 22.0. The minimum Gasteiger partial charge on any atom is -0.452 e. The summed E-state index contributed by atoms with van der Waals surface area (Å²) in [4.78, 5) is 35.4. The van der Waals surface area contributed by atoms with Crippen LogP contribution in [-0.4, -0.2) is 33.2 Å². The number of nitrogens with zero attached hydrogens (tertiary/aromatic N) is 3. The lowest BCUT2D eigenvalue weighted by Crippen LogP contribution is -2.22. The molecular formula is C22H20N4O5. The maximum Gasteiger partial charge on any atom is 0.345 e. The van der Waals surface area contributed by atoms with Gasteiger partial charge in [-0.15, -0.1) is 0 Å². The number of amides is 1. The van der Waals surface area contributed by atoms with Crippen LogP contribution in [0, 0.1) is 17.0 Å². The van der Waals surface area contributed by atoms with Gasteiger partial charge in [-0.05, 0) is 38.0 Å². The van der Waals surface area contributed by atoms with Crippen LogP contribution in [0.5, 0.6) is 0 Å². The number of carbonyl (C=O) groups excluding carboxylic acids is 2. The fourth-order valence-electron chi connectivity index (χ4n) is 3.29. The molecule has 1 N–H and O–H groups in total. The number of hydrogen-bond donors (Lipinski definition) is 1. The minimum absolute atomic E-state index is 0.192. The fourth-order valence-corrected chi connectivity index (χ4v) is 3.29. The summed E-state index contributed by atoms with van der Waals surface area (Å²) in [5.41, 5.74) is 1.50. The molecule has 3 aromatic rings. The van der Waals surface area contributed by atoms with Crippen molar-refractivity contribution in [1.29, 1.82) is 0 Å². The van der Waals surface area contributed by atoms with Gasteiger partial charge in [0.05, 0.1) is 16.3 Å². The first-order chi connectivity index (χ1) is 14.9. The highest BCUT2D eigenvalue weighted by Gasteiger charge is 2.28. The van der Waals surface area contributed by atoms with Crippen molar-refractivity contribution in [3.63, 3.8) is 0 Å². The number of rotatable bonds is 7. The molecule has 0 spiro atoms. The fraction of sp³-hybridized carbons (Fsp3) is 0.227. The van der Waals surface area contributed by atoms with Gasteiger partial charge in [0.1, 0.15) is 11.4 Å². The van der Waals surface area contributed by atoms with Crippen LogP contribution in [0.1, 0.15) is 40.4 Å². The van der Waals surface area contributed by atoms with E-state index in [0.29, 0.717) is 17.3 Å². The second-order valence-corrected chi connectivity index (χ2v) is 7.33. The molecule has 0 aliphatic heterocycles. The summed E-state index contributed by atoms with van der Waals surface area (Å²) in [5.74, 6) is -0.639. The summed E-state index contributed by atoms with van der Waals surface area (Å²) >= 11 is 0. The van der Waals surface area contributed by atoms with Gasteiger partial charge in [0.25, 0.3) is 11.6 Å². The molecule has 1 aliphatic rings. The molecule has 0 bridgehead atoms. The van der Waals surface area contributed by atoms with Gasteiger partial charge in [0.15, 0.2) is 6.61 Å². The Bertz CT molecular complexity index is 1150. The monoisotopic (exact) mass is 420 g/mol. The molecule has 2 aromatic carbocycles. The molecule has 1 fully saturated rings. The third-order valence-electron chi connectivity index (χ3n) is 4.97. The van der Waals surface area contributed by atoms with Gasteiger partial charge in [-0.3, -0.25) is 14.9 Å². The zero-order valence-electron chi connectivity index (χ0n) is 16.8. The maximum atomic E-state index is 12.4. The van der Waals surface area contributed by atoms with Gasteiger partial charge < -0.3 is 10.1 Å². The molecule has 31 heavy (non-hydrogen) atoms. The van der Waals surface area contributed by atoms with Crippen molar-refractivity contribution in [3.05, 3.63) is 81.5 Å². The Kier molecular flexibility index (Phi) is 5.48. The van der Waals surface area contributed by atoms with E-state index in [1.807, 2.05) is 36.4 Å². The number of aryl methyl sites for hydroxylation is 1. The van der Waals surface area contributed by atoms with E-state index in [0.717, 1.165) is 24.2 Å². The van der Waals surface area contributed by atoms with Crippen molar-refractivity contribution in [3.8, 4) is 5.69 Å². The van der Waals surface area contributed by atoms with Crippen LogP contribution in [0.2, 0.25) is 0 Å². The van der Waals surface area contributed by atoms with Crippen molar-refractivity contribution < 1.29 is 19.2 Å². The predicted molar refractivity (Wildman–Crippen MR) is 112 cm³/mol. The number of aromatic nitrogens is 2. The second kappa shape index (κ2) is 8.39. The number of nitro groups is 1. The summed E-state index contributed by atoms with van der Waals surface area (Å²) in [6.45, 7) is 0.951. The summed E-state index contributed by atoms with van der Waals surface area (Å²) in [6.07, 6.45) is 2.12. The van der Waals surface area contributed by atoms with E-state index in [-0.39, 0.29) is 11.3 Å². The van der Waals surface area contributed by atoms with Crippen LogP contribution in [0.3, 0.4) is 0 Å². The van der Waals surface area contributed by atoms with E-state index in [2.05, 4.69) is 10.4 Å². The number of benzene rings is 2. The van der Waals surface area contributed by atoms with Crippen molar-refractivity contribution >= 4 is 23.4 Å². The number of esters is 1. The first kappa shape index (κ1) is 20.3. The number of anilines is 1. The van der Waals surface area contributed by atoms with Crippen molar-refractivity contribution in [2.24, 2.45) is 0 Å².